The van der Waals surface area contributed by atoms with Crippen LogP contribution >= 0.6 is 0 Å². The molecule has 5 heteroatoms. The molecular weight excluding hydrogens is 739 g/mol. The van der Waals surface area contributed by atoms with Crippen LogP contribution in [0.3, 0.4) is 0 Å². The zero-order valence-corrected chi connectivity index (χ0v) is 35.3. The van der Waals surface area contributed by atoms with Gasteiger partial charge in [0, 0.05) is 68.1 Å². The maximum Gasteiger partial charge on any atom is 0.252 e. The highest BCUT2D eigenvalue weighted by Gasteiger charge is 2.54. The summed E-state index contributed by atoms with van der Waals surface area (Å²) in [7, 11) is 0. The lowest BCUT2D eigenvalue weighted by Crippen LogP contribution is -2.67. The fourth-order valence-electron chi connectivity index (χ4n) is 10.6. The van der Waals surface area contributed by atoms with E-state index in [4.69, 9.17) is 0 Å². The van der Waals surface area contributed by atoms with Crippen molar-refractivity contribution >= 4 is 85.7 Å². The van der Waals surface area contributed by atoms with E-state index in [0.29, 0.717) is 0 Å². The maximum atomic E-state index is 2.73. The van der Waals surface area contributed by atoms with Crippen molar-refractivity contribution in [3.63, 3.8) is 0 Å². The first-order valence-electron chi connectivity index (χ1n) is 21.8. The number of rotatable bonds is 8. The third-order valence-electron chi connectivity index (χ3n) is 14.1. The Morgan fingerprint density at radius 2 is 0.984 bits per heavy atom. The van der Waals surface area contributed by atoms with Crippen LogP contribution in [-0.2, 0) is 6.42 Å². The molecule has 8 aromatic rings. The van der Waals surface area contributed by atoms with Crippen LogP contribution in [0.4, 0.5) is 62.6 Å². The van der Waals surface area contributed by atoms with Crippen molar-refractivity contribution in [3.05, 3.63) is 206 Å². The van der Waals surface area contributed by atoms with E-state index in [1.165, 1.54) is 44.7 Å². The monoisotopic (exact) mass is 788 g/mol. The van der Waals surface area contributed by atoms with Crippen LogP contribution in [-0.4, -0.2) is 12.3 Å². The lowest BCUT2D eigenvalue weighted by molar-refractivity contribution is 0.156. The van der Waals surface area contributed by atoms with Crippen LogP contribution in [0.2, 0.25) is 0 Å². The summed E-state index contributed by atoms with van der Waals surface area (Å²) >= 11 is 0. The van der Waals surface area contributed by atoms with E-state index in [1.54, 1.807) is 0 Å². The number of para-hydroxylation sites is 5. The second kappa shape index (κ2) is 14.3. The minimum atomic E-state index is -0.127. The van der Waals surface area contributed by atoms with Gasteiger partial charge >= 0.3 is 0 Å². The van der Waals surface area contributed by atoms with Crippen LogP contribution < -0.4 is 36.0 Å². The van der Waals surface area contributed by atoms with E-state index in [1.807, 2.05) is 0 Å². The molecule has 296 valence electrons. The Bertz CT molecular complexity index is 2820. The molecule has 0 saturated carbocycles. The zero-order chi connectivity index (χ0) is 41.3. The molecule has 0 radical (unpaired) electrons. The molecule has 3 aliphatic heterocycles. The Morgan fingerprint density at radius 3 is 1.56 bits per heavy atom. The summed E-state index contributed by atoms with van der Waals surface area (Å²) in [5, 5.41) is 0. The topological polar surface area (TPSA) is 13.0 Å². The summed E-state index contributed by atoms with van der Waals surface area (Å²) < 4.78 is 0. The molecule has 0 saturated heterocycles. The largest absolute Gasteiger partial charge is 0.336 e. The fourth-order valence-corrected chi connectivity index (χ4v) is 10.6. The van der Waals surface area contributed by atoms with Gasteiger partial charge in [-0.15, -0.1) is 0 Å². The van der Waals surface area contributed by atoms with E-state index in [9.17, 15) is 0 Å². The number of benzene rings is 8. The molecule has 3 heterocycles. The van der Waals surface area contributed by atoms with Gasteiger partial charge < -0.3 is 19.6 Å². The molecule has 0 aromatic heterocycles. The van der Waals surface area contributed by atoms with Crippen LogP contribution in [0.5, 0.6) is 0 Å². The zero-order valence-electron chi connectivity index (χ0n) is 35.3. The van der Waals surface area contributed by atoms with Gasteiger partial charge in [0.2, 0.25) is 0 Å². The molecule has 0 fully saturated rings. The Labute approximate surface area is 361 Å². The molecule has 0 amide bonds. The highest BCUT2D eigenvalue weighted by Crippen LogP contribution is 2.55. The third-order valence-corrected chi connectivity index (χ3v) is 14.1. The molecule has 1 unspecified atom stereocenters. The van der Waals surface area contributed by atoms with Crippen molar-refractivity contribution in [1.29, 1.82) is 0 Å². The Kier molecular flexibility index (Phi) is 8.71. The number of anilines is 11. The van der Waals surface area contributed by atoms with Gasteiger partial charge in [-0.1, -0.05) is 123 Å². The van der Waals surface area contributed by atoms with Gasteiger partial charge in [0.1, 0.15) is 0 Å². The minimum absolute atomic E-state index is 0.0645. The molecule has 61 heavy (non-hydrogen) atoms. The standard InChI is InChI=1S/C56H49BN4/c1-5-56(4)39-40-21-18-32-49-54(40)61(55(56,2)3)51-34-20-33-50-53(51)57(49)48-36-35-47(59(43-26-14-8-15-27-43)44-28-16-9-17-29-44)38-52(48)60(50)46-31-19-30-45(37-46)58(41-22-10-6-11-23-41)42-24-12-7-13-25-42/h6-38H,5,39H2,1-4H3. The van der Waals surface area contributed by atoms with Crippen molar-refractivity contribution < 1.29 is 0 Å². The molecule has 0 spiro atoms. The summed E-state index contributed by atoms with van der Waals surface area (Å²) in [6.07, 6.45) is 2.16. The quantitative estimate of drug-likeness (QED) is 0.142. The lowest BCUT2D eigenvalue weighted by Gasteiger charge is -2.59. The Morgan fingerprint density at radius 1 is 0.475 bits per heavy atom. The Hall–Kier alpha value is -6.98. The van der Waals surface area contributed by atoms with Crippen LogP contribution in [0.15, 0.2) is 200 Å². The van der Waals surface area contributed by atoms with E-state index >= 15 is 0 Å². The summed E-state index contributed by atoms with van der Waals surface area (Å²) in [6.45, 7) is 9.88. The smallest absolute Gasteiger partial charge is 0.252 e. The number of hydrogen-bond donors (Lipinski definition) is 0. The van der Waals surface area contributed by atoms with Crippen LogP contribution in [0.1, 0.15) is 39.7 Å². The number of nitrogens with zero attached hydrogens (tertiary/aromatic N) is 4. The lowest BCUT2D eigenvalue weighted by atomic mass is 9.33. The summed E-state index contributed by atoms with van der Waals surface area (Å²) in [4.78, 5) is 10.0. The van der Waals surface area contributed by atoms with Crippen molar-refractivity contribution in [2.24, 2.45) is 5.41 Å². The number of hydrogen-bond acceptors (Lipinski definition) is 4. The van der Waals surface area contributed by atoms with Gasteiger partial charge in [0.15, 0.2) is 0 Å². The van der Waals surface area contributed by atoms with Crippen molar-refractivity contribution in [3.8, 4) is 0 Å². The molecule has 0 aliphatic carbocycles. The predicted octanol–water partition coefficient (Wildman–Crippen LogP) is 13.1. The molecule has 4 nitrogen and oxygen atoms in total. The summed E-state index contributed by atoms with van der Waals surface area (Å²) in [5.74, 6) is 0. The van der Waals surface area contributed by atoms with E-state index in [-0.39, 0.29) is 17.7 Å². The van der Waals surface area contributed by atoms with E-state index < -0.39 is 0 Å². The molecule has 11 rings (SSSR count). The average molecular weight is 789 g/mol. The summed E-state index contributed by atoms with van der Waals surface area (Å²) in [5.41, 5.74) is 18.4. The molecule has 1 atom stereocenters. The SMILES string of the molecule is CCC1(C)Cc2cccc3c2N(c2cccc4c2B3c2ccc(N(c3ccccc3)c3ccccc3)cc2N4c2cccc(N(c3ccccc3)c3ccccc3)c2)C1(C)C. The average Bonchev–Trinajstić information content (AvgIpc) is 3.30. The molecule has 3 aliphatic rings. The van der Waals surface area contributed by atoms with Gasteiger partial charge in [0.05, 0.1) is 0 Å². The first-order chi connectivity index (χ1) is 29.9. The fraction of sp³-hybridized carbons (Fsp3) is 0.143. The van der Waals surface area contributed by atoms with Gasteiger partial charge in [-0.3, -0.25) is 0 Å². The van der Waals surface area contributed by atoms with E-state index in [2.05, 4.69) is 247 Å². The maximum absolute atomic E-state index is 2.73. The summed E-state index contributed by atoms with van der Waals surface area (Å²) in [6, 6.07) is 73.4. The van der Waals surface area contributed by atoms with Gasteiger partial charge in [0.25, 0.3) is 6.71 Å². The second-order valence-electron chi connectivity index (χ2n) is 17.6. The van der Waals surface area contributed by atoms with E-state index in [0.717, 1.165) is 52.7 Å². The van der Waals surface area contributed by atoms with Crippen molar-refractivity contribution in [2.75, 3.05) is 19.6 Å². The molecule has 0 bridgehead atoms. The third kappa shape index (κ3) is 5.74. The number of fused-ring (bicyclic) bond motifs is 4. The second-order valence-corrected chi connectivity index (χ2v) is 17.6. The molecule has 0 N–H and O–H groups in total. The highest BCUT2D eigenvalue weighted by atomic mass is 15.2. The van der Waals surface area contributed by atoms with Gasteiger partial charge in [-0.05, 0) is 145 Å². The predicted molar refractivity (Wildman–Crippen MR) is 260 cm³/mol. The van der Waals surface area contributed by atoms with Crippen LogP contribution in [0, 0.1) is 5.41 Å². The van der Waals surface area contributed by atoms with Gasteiger partial charge in [-0.25, -0.2) is 0 Å². The van der Waals surface area contributed by atoms with Gasteiger partial charge in [-0.2, -0.15) is 0 Å². The molecule has 8 aromatic carbocycles. The normalized spacial score (nSPS) is 16.6. The van der Waals surface area contributed by atoms with Crippen molar-refractivity contribution in [1.82, 2.24) is 0 Å². The highest BCUT2D eigenvalue weighted by molar-refractivity contribution is 7.00. The minimum Gasteiger partial charge on any atom is -0.336 e. The van der Waals surface area contributed by atoms with Crippen molar-refractivity contribution in [2.45, 2.75) is 46.1 Å². The first kappa shape index (κ1) is 37.1. The van der Waals surface area contributed by atoms with Crippen LogP contribution in [0.25, 0.3) is 0 Å². The first-order valence-corrected chi connectivity index (χ1v) is 21.8. The molecular formula is C56H49BN4. The Balaban J connectivity index is 1.18.